The van der Waals surface area contributed by atoms with Gasteiger partial charge in [-0.1, -0.05) is 23.8 Å². The molecule has 3 rings (SSSR count). The lowest BCUT2D eigenvalue weighted by Crippen LogP contribution is -2.25. The Morgan fingerprint density at radius 1 is 1.50 bits per heavy atom. The van der Waals surface area contributed by atoms with Crippen molar-refractivity contribution >= 4 is 21.9 Å². The van der Waals surface area contributed by atoms with Crippen molar-refractivity contribution in [2.75, 3.05) is 0 Å². The highest BCUT2D eigenvalue weighted by molar-refractivity contribution is 9.10. The van der Waals surface area contributed by atoms with Crippen LogP contribution in [0, 0.1) is 12.8 Å². The summed E-state index contributed by atoms with van der Waals surface area (Å²) in [6.07, 6.45) is 1.20. The number of hydrogen-bond acceptors (Lipinski definition) is 2. The quantitative estimate of drug-likeness (QED) is 0.916. The van der Waals surface area contributed by atoms with Crippen molar-refractivity contribution in [3.63, 3.8) is 0 Å². The molecule has 0 aliphatic carbocycles. The Hall–Kier alpha value is -1.62. The number of hydrogen-bond donors (Lipinski definition) is 1. The van der Waals surface area contributed by atoms with E-state index in [9.17, 15) is 9.90 Å². The molecule has 2 heterocycles. The fraction of sp³-hybridized carbons (Fsp3) is 0.333. The van der Waals surface area contributed by atoms with Gasteiger partial charge in [0.1, 0.15) is 0 Å². The predicted octanol–water partition coefficient (Wildman–Crippen LogP) is 3.27. The fourth-order valence-corrected chi connectivity index (χ4v) is 3.31. The van der Waals surface area contributed by atoms with E-state index in [0.29, 0.717) is 19.4 Å². The lowest BCUT2D eigenvalue weighted by molar-refractivity contribution is -0.142. The van der Waals surface area contributed by atoms with Gasteiger partial charge < -0.3 is 9.67 Å². The van der Waals surface area contributed by atoms with Crippen molar-refractivity contribution in [2.24, 2.45) is 5.92 Å². The van der Waals surface area contributed by atoms with Crippen LogP contribution in [0.25, 0.3) is 11.3 Å². The van der Waals surface area contributed by atoms with Crippen molar-refractivity contribution < 1.29 is 9.90 Å². The second kappa shape index (κ2) is 5.05. The van der Waals surface area contributed by atoms with Crippen molar-refractivity contribution in [1.29, 1.82) is 0 Å². The van der Waals surface area contributed by atoms with Gasteiger partial charge in [0.2, 0.25) is 0 Å². The van der Waals surface area contributed by atoms with Gasteiger partial charge in [-0.15, -0.1) is 0 Å². The van der Waals surface area contributed by atoms with Crippen molar-refractivity contribution in [2.45, 2.75) is 26.3 Å². The monoisotopic (exact) mass is 334 g/mol. The van der Waals surface area contributed by atoms with E-state index in [2.05, 4.69) is 31.5 Å². The minimum Gasteiger partial charge on any atom is -0.481 e. The summed E-state index contributed by atoms with van der Waals surface area (Å²) in [4.78, 5) is 15.8. The highest BCUT2D eigenvalue weighted by Gasteiger charge is 2.29. The van der Waals surface area contributed by atoms with Crippen LogP contribution in [0.4, 0.5) is 0 Å². The SMILES string of the molecule is Cc1cccc(-c2nc(Br)n3c2CC(C(=O)O)CC3)c1. The molecule has 0 saturated carbocycles. The van der Waals surface area contributed by atoms with Gasteiger partial charge in [-0.25, -0.2) is 4.98 Å². The van der Waals surface area contributed by atoms with Crippen LogP contribution in [0.3, 0.4) is 0 Å². The second-order valence-electron chi connectivity index (χ2n) is 5.23. The Morgan fingerprint density at radius 2 is 2.30 bits per heavy atom. The number of aromatic nitrogens is 2. The number of fused-ring (bicyclic) bond motifs is 1. The van der Waals surface area contributed by atoms with E-state index < -0.39 is 5.97 Å². The highest BCUT2D eigenvalue weighted by Crippen LogP contribution is 2.33. The Kier molecular flexibility index (Phi) is 3.38. The molecule has 20 heavy (non-hydrogen) atoms. The van der Waals surface area contributed by atoms with Crippen LogP contribution < -0.4 is 0 Å². The maximum atomic E-state index is 11.2. The minimum atomic E-state index is -0.719. The van der Waals surface area contributed by atoms with Gasteiger partial charge in [-0.2, -0.15) is 0 Å². The number of carbonyl (C=O) groups is 1. The first-order valence-electron chi connectivity index (χ1n) is 6.61. The number of halogens is 1. The van der Waals surface area contributed by atoms with Crippen LogP contribution in [0.15, 0.2) is 29.0 Å². The first-order chi connectivity index (χ1) is 9.56. The normalized spacial score (nSPS) is 17.8. The molecule has 1 aromatic carbocycles. The summed E-state index contributed by atoms with van der Waals surface area (Å²) in [5.41, 5.74) is 4.13. The van der Waals surface area contributed by atoms with Gasteiger partial charge in [0.15, 0.2) is 4.73 Å². The fourth-order valence-electron chi connectivity index (χ4n) is 2.75. The maximum Gasteiger partial charge on any atom is 0.306 e. The summed E-state index contributed by atoms with van der Waals surface area (Å²) in [6, 6.07) is 8.15. The molecular formula is C15H15BrN2O2. The summed E-state index contributed by atoms with van der Waals surface area (Å²) in [6.45, 7) is 2.74. The van der Waals surface area contributed by atoms with Gasteiger partial charge >= 0.3 is 5.97 Å². The van der Waals surface area contributed by atoms with E-state index in [1.165, 1.54) is 5.56 Å². The smallest absolute Gasteiger partial charge is 0.306 e. The number of carboxylic acids is 1. The van der Waals surface area contributed by atoms with Crippen molar-refractivity contribution in [3.8, 4) is 11.3 Å². The molecule has 1 N–H and O–H groups in total. The van der Waals surface area contributed by atoms with Gasteiger partial charge in [0, 0.05) is 24.2 Å². The molecule has 1 atom stereocenters. The molecule has 0 bridgehead atoms. The lowest BCUT2D eigenvalue weighted by atomic mass is 9.93. The third-order valence-electron chi connectivity index (χ3n) is 3.81. The zero-order valence-corrected chi connectivity index (χ0v) is 12.7. The zero-order chi connectivity index (χ0) is 14.3. The summed E-state index contributed by atoms with van der Waals surface area (Å²) >= 11 is 3.48. The number of nitrogens with zero attached hydrogens (tertiary/aromatic N) is 2. The number of aryl methyl sites for hydroxylation is 1. The predicted molar refractivity (Wildman–Crippen MR) is 79.5 cm³/mol. The molecule has 0 spiro atoms. The molecule has 1 aliphatic rings. The number of aliphatic carboxylic acids is 1. The number of benzene rings is 1. The minimum absolute atomic E-state index is 0.311. The molecule has 2 aromatic rings. The molecule has 4 nitrogen and oxygen atoms in total. The Labute approximate surface area is 125 Å². The van der Waals surface area contributed by atoms with E-state index in [1.807, 2.05) is 25.1 Å². The standard InChI is InChI=1S/C15H15BrN2O2/c1-9-3-2-4-10(7-9)13-12-8-11(14(19)20)5-6-18(12)15(16)17-13/h2-4,7,11H,5-6,8H2,1H3,(H,19,20). The molecule has 0 fully saturated rings. The van der Waals surface area contributed by atoms with E-state index in [0.717, 1.165) is 21.7 Å². The van der Waals surface area contributed by atoms with Crippen LogP contribution in [-0.2, 0) is 17.8 Å². The summed E-state index contributed by atoms with van der Waals surface area (Å²) in [5, 5.41) is 9.23. The van der Waals surface area contributed by atoms with Gasteiger partial charge in [-0.05, 0) is 35.3 Å². The number of imidazole rings is 1. The molecule has 1 aliphatic heterocycles. The maximum absolute atomic E-state index is 11.2. The van der Waals surface area contributed by atoms with Gasteiger partial charge in [0.05, 0.1) is 11.6 Å². The Balaban J connectivity index is 2.08. The average Bonchev–Trinajstić information content (AvgIpc) is 2.76. The van der Waals surface area contributed by atoms with E-state index in [-0.39, 0.29) is 5.92 Å². The molecule has 104 valence electrons. The molecule has 0 amide bonds. The van der Waals surface area contributed by atoms with Crippen LogP contribution in [0.1, 0.15) is 17.7 Å². The molecule has 0 saturated heterocycles. The Bertz CT molecular complexity index is 679. The highest BCUT2D eigenvalue weighted by atomic mass is 79.9. The van der Waals surface area contributed by atoms with Gasteiger partial charge in [-0.3, -0.25) is 4.79 Å². The average molecular weight is 335 g/mol. The van der Waals surface area contributed by atoms with Gasteiger partial charge in [0.25, 0.3) is 0 Å². The zero-order valence-electron chi connectivity index (χ0n) is 11.1. The molecular weight excluding hydrogens is 320 g/mol. The Morgan fingerprint density at radius 3 is 3.00 bits per heavy atom. The van der Waals surface area contributed by atoms with E-state index >= 15 is 0 Å². The van der Waals surface area contributed by atoms with Crippen LogP contribution in [-0.4, -0.2) is 20.6 Å². The first kappa shape index (κ1) is 13.4. The molecule has 0 radical (unpaired) electrons. The third kappa shape index (κ3) is 2.26. The topological polar surface area (TPSA) is 55.1 Å². The first-order valence-corrected chi connectivity index (χ1v) is 7.40. The largest absolute Gasteiger partial charge is 0.481 e. The van der Waals surface area contributed by atoms with Crippen LogP contribution >= 0.6 is 15.9 Å². The second-order valence-corrected chi connectivity index (χ2v) is 5.93. The van der Waals surface area contributed by atoms with Crippen LogP contribution in [0.5, 0.6) is 0 Å². The number of carboxylic acid groups (broad SMARTS) is 1. The molecule has 5 heteroatoms. The summed E-state index contributed by atoms with van der Waals surface area (Å²) in [5.74, 6) is -1.03. The molecule has 1 unspecified atom stereocenters. The van der Waals surface area contributed by atoms with Crippen LogP contribution in [0.2, 0.25) is 0 Å². The summed E-state index contributed by atoms with van der Waals surface area (Å²) < 4.78 is 2.87. The molecule has 1 aromatic heterocycles. The van der Waals surface area contributed by atoms with Crippen molar-refractivity contribution in [1.82, 2.24) is 9.55 Å². The van der Waals surface area contributed by atoms with E-state index in [1.54, 1.807) is 0 Å². The third-order valence-corrected chi connectivity index (χ3v) is 4.41. The lowest BCUT2D eigenvalue weighted by Gasteiger charge is -2.22. The van der Waals surface area contributed by atoms with Crippen molar-refractivity contribution in [3.05, 3.63) is 40.3 Å². The number of rotatable bonds is 2. The summed E-state index contributed by atoms with van der Waals surface area (Å²) in [7, 11) is 0. The van der Waals surface area contributed by atoms with E-state index in [4.69, 9.17) is 0 Å².